The summed E-state index contributed by atoms with van der Waals surface area (Å²) in [4.78, 5) is 24.1. The highest BCUT2D eigenvalue weighted by Gasteiger charge is 2.35. The Kier molecular flexibility index (Phi) is 7.08. The van der Waals surface area contributed by atoms with Crippen molar-refractivity contribution >= 4 is 11.9 Å². The number of hydrogen-bond donors (Lipinski definition) is 1. The van der Waals surface area contributed by atoms with Gasteiger partial charge in [0, 0.05) is 6.42 Å². The summed E-state index contributed by atoms with van der Waals surface area (Å²) < 4.78 is 10.9. The van der Waals surface area contributed by atoms with Gasteiger partial charge in [-0.05, 0) is 56.4 Å². The molecule has 1 aliphatic heterocycles. The van der Waals surface area contributed by atoms with Gasteiger partial charge in [0.15, 0.2) is 0 Å². The zero-order valence-corrected chi connectivity index (χ0v) is 15.5. The van der Waals surface area contributed by atoms with Crippen LogP contribution >= 0.6 is 0 Å². The van der Waals surface area contributed by atoms with Crippen LogP contribution in [0.4, 0.5) is 0 Å². The van der Waals surface area contributed by atoms with Gasteiger partial charge in [0.1, 0.15) is 12.1 Å². The normalized spacial score (nSPS) is 33.5. The Morgan fingerprint density at radius 2 is 1.96 bits per heavy atom. The molecule has 0 aromatic carbocycles. The van der Waals surface area contributed by atoms with Gasteiger partial charge in [0.05, 0.1) is 6.61 Å². The number of nitrogens with one attached hydrogen (secondary N) is 1. The Balaban J connectivity index is 1.81. The molecule has 0 bridgehead atoms. The van der Waals surface area contributed by atoms with Crippen molar-refractivity contribution in [1.29, 1.82) is 0 Å². The standard InChI is InChI=1S/C19H33NO4/c1-5-23-19(22)16-9-14(11-20-16)10-18(21)24-17-8-13(4)6-7-15(17)12(2)3/h12-17,20H,5-11H2,1-4H3/t13-,14-,15+,16+,17-/m0/s1. The van der Waals surface area contributed by atoms with Crippen molar-refractivity contribution in [2.24, 2.45) is 23.7 Å². The van der Waals surface area contributed by atoms with Crippen LogP contribution in [0.3, 0.4) is 0 Å². The van der Waals surface area contributed by atoms with Gasteiger partial charge in [0.2, 0.25) is 0 Å². The van der Waals surface area contributed by atoms with Gasteiger partial charge in [-0.3, -0.25) is 9.59 Å². The molecular formula is C19H33NO4. The minimum Gasteiger partial charge on any atom is -0.465 e. The van der Waals surface area contributed by atoms with E-state index in [-0.39, 0.29) is 30.0 Å². The lowest BCUT2D eigenvalue weighted by molar-refractivity contribution is -0.157. The number of hydrogen-bond acceptors (Lipinski definition) is 5. The highest BCUT2D eigenvalue weighted by atomic mass is 16.5. The molecule has 0 unspecified atom stereocenters. The molecule has 24 heavy (non-hydrogen) atoms. The van der Waals surface area contributed by atoms with E-state index in [1.165, 1.54) is 6.42 Å². The van der Waals surface area contributed by atoms with Gasteiger partial charge >= 0.3 is 11.9 Å². The molecule has 5 heteroatoms. The van der Waals surface area contributed by atoms with Crippen LogP contribution in [0.5, 0.6) is 0 Å². The third-order valence-electron chi connectivity index (χ3n) is 5.49. The molecule has 2 fully saturated rings. The van der Waals surface area contributed by atoms with Crippen molar-refractivity contribution in [2.45, 2.75) is 71.9 Å². The quantitative estimate of drug-likeness (QED) is 0.754. The molecule has 0 aromatic heterocycles. The fourth-order valence-electron chi connectivity index (χ4n) is 4.09. The third-order valence-corrected chi connectivity index (χ3v) is 5.49. The molecule has 1 aliphatic carbocycles. The Hall–Kier alpha value is -1.10. The summed E-state index contributed by atoms with van der Waals surface area (Å²) in [6.07, 6.45) is 4.44. The number of ether oxygens (including phenoxy) is 2. The maximum atomic E-state index is 12.4. The van der Waals surface area contributed by atoms with Crippen LogP contribution in [-0.4, -0.2) is 37.2 Å². The van der Waals surface area contributed by atoms with E-state index in [1.807, 2.05) is 0 Å². The second-order valence-electron chi connectivity index (χ2n) is 7.87. The minimum absolute atomic E-state index is 0.0523. The molecule has 1 N–H and O–H groups in total. The molecule has 0 radical (unpaired) electrons. The van der Waals surface area contributed by atoms with Crippen LogP contribution in [0.25, 0.3) is 0 Å². The lowest BCUT2D eigenvalue weighted by Crippen LogP contribution is -2.36. The predicted molar refractivity (Wildman–Crippen MR) is 92.4 cm³/mol. The molecule has 2 rings (SSSR count). The predicted octanol–water partition coefficient (Wildman–Crippen LogP) is 2.92. The van der Waals surface area contributed by atoms with E-state index in [1.54, 1.807) is 6.92 Å². The monoisotopic (exact) mass is 339 g/mol. The van der Waals surface area contributed by atoms with Gasteiger partial charge in [-0.2, -0.15) is 0 Å². The topological polar surface area (TPSA) is 64.6 Å². The molecule has 0 spiro atoms. The molecule has 2 aliphatic rings. The average molecular weight is 339 g/mol. The first kappa shape index (κ1) is 19.2. The van der Waals surface area contributed by atoms with E-state index in [0.29, 0.717) is 43.7 Å². The second-order valence-corrected chi connectivity index (χ2v) is 7.87. The Bertz CT molecular complexity index is 437. The first-order valence-electron chi connectivity index (χ1n) is 9.50. The zero-order chi connectivity index (χ0) is 17.7. The largest absolute Gasteiger partial charge is 0.465 e. The Morgan fingerprint density at radius 1 is 1.21 bits per heavy atom. The Morgan fingerprint density at radius 3 is 2.62 bits per heavy atom. The first-order valence-corrected chi connectivity index (χ1v) is 9.50. The van der Waals surface area contributed by atoms with Crippen molar-refractivity contribution in [3.63, 3.8) is 0 Å². The molecule has 0 aromatic rings. The summed E-state index contributed by atoms with van der Waals surface area (Å²) in [6.45, 7) is 9.53. The molecule has 5 atom stereocenters. The smallest absolute Gasteiger partial charge is 0.323 e. The van der Waals surface area contributed by atoms with E-state index < -0.39 is 0 Å². The summed E-state index contributed by atoms with van der Waals surface area (Å²) in [5.41, 5.74) is 0. The van der Waals surface area contributed by atoms with Gasteiger partial charge in [0.25, 0.3) is 0 Å². The van der Waals surface area contributed by atoms with Crippen molar-refractivity contribution in [3.8, 4) is 0 Å². The van der Waals surface area contributed by atoms with Gasteiger partial charge < -0.3 is 14.8 Å². The van der Waals surface area contributed by atoms with Crippen LogP contribution in [0, 0.1) is 23.7 Å². The van der Waals surface area contributed by atoms with E-state index in [2.05, 4.69) is 26.1 Å². The molecule has 1 heterocycles. The molecule has 1 saturated carbocycles. The van der Waals surface area contributed by atoms with Gasteiger partial charge in [-0.25, -0.2) is 0 Å². The van der Waals surface area contributed by atoms with Crippen molar-refractivity contribution in [1.82, 2.24) is 5.32 Å². The van der Waals surface area contributed by atoms with Gasteiger partial charge in [-0.1, -0.05) is 27.2 Å². The highest BCUT2D eigenvalue weighted by Crippen LogP contribution is 2.35. The van der Waals surface area contributed by atoms with E-state index in [4.69, 9.17) is 9.47 Å². The maximum absolute atomic E-state index is 12.4. The molecular weight excluding hydrogens is 306 g/mol. The second kappa shape index (κ2) is 8.84. The number of carbonyl (C=O) groups excluding carboxylic acids is 2. The average Bonchev–Trinajstić information content (AvgIpc) is 2.95. The van der Waals surface area contributed by atoms with Gasteiger partial charge in [-0.15, -0.1) is 0 Å². The number of carbonyl (C=O) groups is 2. The van der Waals surface area contributed by atoms with Crippen LogP contribution < -0.4 is 5.32 Å². The lowest BCUT2D eigenvalue weighted by Gasteiger charge is -2.36. The molecule has 5 nitrogen and oxygen atoms in total. The van der Waals surface area contributed by atoms with E-state index in [9.17, 15) is 9.59 Å². The number of esters is 2. The summed E-state index contributed by atoms with van der Waals surface area (Å²) in [6, 6.07) is -0.277. The van der Waals surface area contributed by atoms with Crippen LogP contribution in [0.1, 0.15) is 59.8 Å². The maximum Gasteiger partial charge on any atom is 0.323 e. The summed E-state index contributed by atoms with van der Waals surface area (Å²) in [5, 5.41) is 3.15. The lowest BCUT2D eigenvalue weighted by atomic mass is 9.75. The van der Waals surface area contributed by atoms with Crippen molar-refractivity contribution < 1.29 is 19.1 Å². The van der Waals surface area contributed by atoms with E-state index >= 15 is 0 Å². The first-order chi connectivity index (χ1) is 11.4. The summed E-state index contributed by atoms with van der Waals surface area (Å²) in [7, 11) is 0. The molecule has 0 amide bonds. The Labute approximate surface area is 145 Å². The molecule has 138 valence electrons. The highest BCUT2D eigenvalue weighted by molar-refractivity contribution is 5.76. The van der Waals surface area contributed by atoms with Crippen LogP contribution in [-0.2, 0) is 19.1 Å². The van der Waals surface area contributed by atoms with Crippen LogP contribution in [0.15, 0.2) is 0 Å². The van der Waals surface area contributed by atoms with Crippen molar-refractivity contribution in [2.75, 3.05) is 13.2 Å². The van der Waals surface area contributed by atoms with Crippen LogP contribution in [0.2, 0.25) is 0 Å². The fourth-order valence-corrected chi connectivity index (χ4v) is 4.09. The summed E-state index contributed by atoms with van der Waals surface area (Å²) >= 11 is 0. The minimum atomic E-state index is -0.277. The van der Waals surface area contributed by atoms with Crippen molar-refractivity contribution in [3.05, 3.63) is 0 Å². The SMILES string of the molecule is CCOC(=O)[C@H]1C[C@@H](CC(=O)O[C@H]2C[C@@H](C)CC[C@@H]2C(C)C)CN1. The summed E-state index contributed by atoms with van der Waals surface area (Å²) in [5.74, 6) is 1.46. The van der Waals surface area contributed by atoms with E-state index in [0.717, 1.165) is 12.8 Å². The zero-order valence-electron chi connectivity index (χ0n) is 15.5. The molecule has 1 saturated heterocycles. The third kappa shape index (κ3) is 5.20. The number of rotatable bonds is 6. The fraction of sp³-hybridized carbons (Fsp3) is 0.895.